The molecule has 1 aromatic heterocycles. The lowest BCUT2D eigenvalue weighted by Crippen LogP contribution is -2.51. The van der Waals surface area contributed by atoms with Crippen LogP contribution in [0.15, 0.2) is 5.38 Å². The largest absolute Gasteiger partial charge is 0.338 e. The van der Waals surface area contributed by atoms with Crippen LogP contribution in [0.5, 0.6) is 0 Å². The highest BCUT2D eigenvalue weighted by atomic mass is 35.5. The predicted molar refractivity (Wildman–Crippen MR) is 76.7 cm³/mol. The van der Waals surface area contributed by atoms with E-state index in [1.54, 1.807) is 0 Å². The van der Waals surface area contributed by atoms with E-state index >= 15 is 0 Å². The van der Waals surface area contributed by atoms with Gasteiger partial charge >= 0.3 is 0 Å². The summed E-state index contributed by atoms with van der Waals surface area (Å²) in [5.41, 5.74) is 1.15. The summed E-state index contributed by atoms with van der Waals surface area (Å²) in [5.74, 6) is 0.0799. The third-order valence-corrected chi connectivity index (χ3v) is 5.54. The molecule has 18 heavy (non-hydrogen) atoms. The molecule has 1 aliphatic rings. The van der Waals surface area contributed by atoms with Gasteiger partial charge in [0.15, 0.2) is 0 Å². The van der Waals surface area contributed by atoms with Gasteiger partial charge in [0.2, 0.25) is 0 Å². The third kappa shape index (κ3) is 2.56. The van der Waals surface area contributed by atoms with Crippen LogP contribution in [0.25, 0.3) is 0 Å². The summed E-state index contributed by atoms with van der Waals surface area (Å²) in [7, 11) is 1.98. The first-order valence-electron chi connectivity index (χ1n) is 6.18. The molecule has 0 atom stereocenters. The molecule has 0 aromatic carbocycles. The maximum Gasteiger partial charge on any atom is 0.265 e. The van der Waals surface area contributed by atoms with Gasteiger partial charge in [-0.05, 0) is 44.7 Å². The third-order valence-electron chi connectivity index (χ3n) is 3.85. The van der Waals surface area contributed by atoms with Crippen molar-refractivity contribution in [2.45, 2.75) is 32.2 Å². The van der Waals surface area contributed by atoms with E-state index in [1.807, 2.05) is 24.3 Å². The van der Waals surface area contributed by atoms with E-state index in [9.17, 15) is 4.79 Å². The van der Waals surface area contributed by atoms with E-state index in [0.717, 1.165) is 31.5 Å². The lowest BCUT2D eigenvalue weighted by Gasteiger charge is -2.39. The summed E-state index contributed by atoms with van der Waals surface area (Å²) in [6.07, 6.45) is 1.97. The van der Waals surface area contributed by atoms with Crippen LogP contribution >= 0.6 is 22.9 Å². The van der Waals surface area contributed by atoms with Crippen molar-refractivity contribution in [3.05, 3.63) is 20.8 Å². The van der Waals surface area contributed by atoms with E-state index in [1.165, 1.54) is 11.3 Å². The van der Waals surface area contributed by atoms with Gasteiger partial charge in [-0.1, -0.05) is 11.6 Å². The van der Waals surface area contributed by atoms with Gasteiger partial charge in [0.05, 0.1) is 5.02 Å². The Balaban J connectivity index is 2.06. The smallest absolute Gasteiger partial charge is 0.265 e. The molecule has 0 spiro atoms. The van der Waals surface area contributed by atoms with E-state index < -0.39 is 0 Å². The second kappa shape index (κ2) is 5.19. The van der Waals surface area contributed by atoms with Crippen molar-refractivity contribution in [1.82, 2.24) is 10.2 Å². The lowest BCUT2D eigenvalue weighted by atomic mass is 9.90. The SMILES string of the molecule is CNC1(C)CCN(C(=O)c2scc(C)c2Cl)CC1. The number of halogens is 1. The Morgan fingerprint density at radius 2 is 2.11 bits per heavy atom. The summed E-state index contributed by atoms with van der Waals surface area (Å²) in [4.78, 5) is 15.0. The van der Waals surface area contributed by atoms with Crippen molar-refractivity contribution in [1.29, 1.82) is 0 Å². The number of carbonyl (C=O) groups excluding carboxylic acids is 1. The van der Waals surface area contributed by atoms with Crippen LogP contribution in [0.1, 0.15) is 35.0 Å². The number of nitrogens with zero attached hydrogens (tertiary/aromatic N) is 1. The van der Waals surface area contributed by atoms with Crippen molar-refractivity contribution in [2.75, 3.05) is 20.1 Å². The molecule has 1 aromatic rings. The minimum atomic E-state index is 0.0799. The number of hydrogen-bond acceptors (Lipinski definition) is 3. The summed E-state index contributed by atoms with van der Waals surface area (Å²) in [6.45, 7) is 5.73. The van der Waals surface area contributed by atoms with Crippen LogP contribution in [0.4, 0.5) is 0 Å². The summed E-state index contributed by atoms with van der Waals surface area (Å²) >= 11 is 7.60. The zero-order valence-corrected chi connectivity index (χ0v) is 12.6. The van der Waals surface area contributed by atoms with Crippen molar-refractivity contribution in [2.24, 2.45) is 0 Å². The minimum Gasteiger partial charge on any atom is -0.338 e. The fraction of sp³-hybridized carbons (Fsp3) is 0.615. The van der Waals surface area contributed by atoms with Crippen molar-refractivity contribution in [3.8, 4) is 0 Å². The first-order valence-corrected chi connectivity index (χ1v) is 7.44. The molecule has 1 saturated heterocycles. The van der Waals surface area contributed by atoms with Crippen LogP contribution in [0.3, 0.4) is 0 Å². The Hall–Kier alpha value is -0.580. The Kier molecular flexibility index (Phi) is 3.99. The summed E-state index contributed by atoms with van der Waals surface area (Å²) < 4.78 is 0. The van der Waals surface area contributed by atoms with Crippen LogP contribution in [-0.4, -0.2) is 36.5 Å². The number of hydrogen-bond donors (Lipinski definition) is 1. The van der Waals surface area contributed by atoms with Gasteiger partial charge in [0.1, 0.15) is 4.88 Å². The van der Waals surface area contributed by atoms with Crippen LogP contribution < -0.4 is 5.32 Å². The standard InChI is InChI=1S/C13H19ClN2OS/c1-9-8-18-11(10(9)14)12(17)16-6-4-13(2,15-3)5-7-16/h8,15H,4-7H2,1-3H3. The van der Waals surface area contributed by atoms with Gasteiger partial charge < -0.3 is 10.2 Å². The molecule has 1 aliphatic heterocycles. The number of thiophene rings is 1. The lowest BCUT2D eigenvalue weighted by molar-refractivity contribution is 0.0667. The summed E-state index contributed by atoms with van der Waals surface area (Å²) in [6, 6.07) is 0. The molecule has 0 unspecified atom stereocenters. The maximum atomic E-state index is 12.4. The second-order valence-corrected chi connectivity index (χ2v) is 6.42. The topological polar surface area (TPSA) is 32.3 Å². The molecular weight excluding hydrogens is 268 g/mol. The van der Waals surface area contributed by atoms with Crippen molar-refractivity contribution in [3.63, 3.8) is 0 Å². The molecule has 0 radical (unpaired) electrons. The van der Waals surface area contributed by atoms with Crippen LogP contribution in [0, 0.1) is 6.92 Å². The van der Waals surface area contributed by atoms with Gasteiger partial charge in [-0.25, -0.2) is 0 Å². The maximum absolute atomic E-state index is 12.4. The molecule has 2 rings (SSSR count). The predicted octanol–water partition coefficient (Wildman–Crippen LogP) is 2.92. The number of piperidine rings is 1. The quantitative estimate of drug-likeness (QED) is 0.907. The van der Waals surface area contributed by atoms with Gasteiger partial charge in [-0.15, -0.1) is 11.3 Å². The van der Waals surface area contributed by atoms with Gasteiger partial charge in [0, 0.05) is 18.6 Å². The number of likely N-dealkylation sites (tertiary alicyclic amines) is 1. The van der Waals surface area contributed by atoms with Crippen LogP contribution in [0.2, 0.25) is 5.02 Å². The molecule has 0 saturated carbocycles. The normalized spacial score (nSPS) is 19.0. The van der Waals surface area contributed by atoms with E-state index in [2.05, 4.69) is 12.2 Å². The van der Waals surface area contributed by atoms with Gasteiger partial charge in [-0.3, -0.25) is 4.79 Å². The Labute approximate surface area is 117 Å². The molecular formula is C13H19ClN2OS. The van der Waals surface area contributed by atoms with Crippen molar-refractivity contribution >= 4 is 28.8 Å². The number of rotatable bonds is 2. The monoisotopic (exact) mass is 286 g/mol. The average molecular weight is 287 g/mol. The average Bonchev–Trinajstić information content (AvgIpc) is 2.70. The second-order valence-electron chi connectivity index (χ2n) is 5.16. The van der Waals surface area contributed by atoms with Gasteiger partial charge in [-0.2, -0.15) is 0 Å². The Morgan fingerprint density at radius 1 is 1.50 bits per heavy atom. The highest BCUT2D eigenvalue weighted by Gasteiger charge is 2.31. The van der Waals surface area contributed by atoms with E-state index in [0.29, 0.717) is 9.90 Å². The molecule has 100 valence electrons. The molecule has 3 nitrogen and oxygen atoms in total. The fourth-order valence-corrected chi connectivity index (χ4v) is 3.41. The summed E-state index contributed by atoms with van der Waals surface area (Å²) in [5, 5.41) is 5.89. The van der Waals surface area contributed by atoms with Crippen molar-refractivity contribution < 1.29 is 4.79 Å². The molecule has 1 fully saturated rings. The van der Waals surface area contributed by atoms with Gasteiger partial charge in [0.25, 0.3) is 5.91 Å². The fourth-order valence-electron chi connectivity index (χ4n) is 2.17. The number of aryl methyl sites for hydroxylation is 1. The highest BCUT2D eigenvalue weighted by molar-refractivity contribution is 7.13. The molecule has 0 aliphatic carbocycles. The molecule has 2 heterocycles. The van der Waals surface area contributed by atoms with E-state index in [4.69, 9.17) is 11.6 Å². The molecule has 1 N–H and O–H groups in total. The Morgan fingerprint density at radius 3 is 2.56 bits per heavy atom. The molecule has 5 heteroatoms. The van der Waals surface area contributed by atoms with E-state index in [-0.39, 0.29) is 11.4 Å². The number of carbonyl (C=O) groups is 1. The molecule has 0 bridgehead atoms. The van der Waals surface area contributed by atoms with Crippen LogP contribution in [-0.2, 0) is 0 Å². The molecule has 1 amide bonds. The number of nitrogens with one attached hydrogen (secondary N) is 1. The zero-order chi connectivity index (χ0) is 13.3. The highest BCUT2D eigenvalue weighted by Crippen LogP contribution is 2.30. The minimum absolute atomic E-state index is 0.0799. The number of amides is 1. The zero-order valence-electron chi connectivity index (χ0n) is 11.0. The first-order chi connectivity index (χ1) is 8.47. The Bertz CT molecular complexity index is 450. The first kappa shape index (κ1) is 13.8.